The van der Waals surface area contributed by atoms with Crippen LogP contribution in [0.15, 0.2) is 75.9 Å². The van der Waals surface area contributed by atoms with Crippen LogP contribution >= 0.6 is 11.6 Å². The highest BCUT2D eigenvalue weighted by Crippen LogP contribution is 2.35. The monoisotopic (exact) mass is 501 g/mol. The molecule has 5 nitrogen and oxygen atoms in total. The van der Waals surface area contributed by atoms with Crippen molar-refractivity contribution in [3.05, 3.63) is 93.1 Å². The van der Waals surface area contributed by atoms with Gasteiger partial charge in [0, 0.05) is 10.6 Å². The largest absolute Gasteiger partial charge is 0.473 e. The minimum atomic E-state index is -4.66. The quantitative estimate of drug-likeness (QED) is 0.325. The number of rotatable bonds is 5. The van der Waals surface area contributed by atoms with Crippen molar-refractivity contribution in [1.82, 2.24) is 0 Å². The maximum atomic E-state index is 13.3. The normalized spacial score (nSPS) is 12.4. The average Bonchev–Trinajstić information content (AvgIpc) is 2.81. The Morgan fingerprint density at radius 2 is 1.74 bits per heavy atom. The first-order valence-corrected chi connectivity index (χ1v) is 10.9. The highest BCUT2D eigenvalue weighted by atomic mass is 35.5. The number of amides is 1. The van der Waals surface area contributed by atoms with Gasteiger partial charge in [0.25, 0.3) is 5.91 Å². The van der Waals surface area contributed by atoms with Gasteiger partial charge in [0.1, 0.15) is 5.58 Å². The highest BCUT2D eigenvalue weighted by molar-refractivity contribution is 6.31. The van der Waals surface area contributed by atoms with E-state index >= 15 is 0 Å². The lowest BCUT2D eigenvalue weighted by Gasteiger charge is -2.18. The third-order valence-corrected chi connectivity index (χ3v) is 5.51. The number of aryl methyl sites for hydroxylation is 1. The van der Waals surface area contributed by atoms with Crippen LogP contribution in [0, 0.1) is 6.92 Å². The second-order valence-corrected chi connectivity index (χ2v) is 8.33. The molecule has 0 aliphatic heterocycles. The van der Waals surface area contributed by atoms with Crippen LogP contribution in [0.1, 0.15) is 18.1 Å². The smallest absolute Gasteiger partial charge is 0.418 e. The van der Waals surface area contributed by atoms with Crippen LogP contribution < -0.4 is 15.5 Å². The van der Waals surface area contributed by atoms with Gasteiger partial charge in [0.2, 0.25) is 11.2 Å². The van der Waals surface area contributed by atoms with Gasteiger partial charge in [-0.2, -0.15) is 13.2 Å². The summed E-state index contributed by atoms with van der Waals surface area (Å²) < 4.78 is 51.6. The number of benzene rings is 3. The van der Waals surface area contributed by atoms with Crippen LogP contribution in [0.5, 0.6) is 5.75 Å². The summed E-state index contributed by atoms with van der Waals surface area (Å²) in [7, 11) is 0. The third kappa shape index (κ3) is 5.17. The lowest BCUT2D eigenvalue weighted by Crippen LogP contribution is -2.32. The van der Waals surface area contributed by atoms with Crippen LogP contribution in [-0.2, 0) is 11.0 Å². The van der Waals surface area contributed by atoms with Gasteiger partial charge in [-0.25, -0.2) is 0 Å². The van der Waals surface area contributed by atoms with Gasteiger partial charge in [-0.1, -0.05) is 53.6 Å². The number of fused-ring (bicyclic) bond motifs is 1. The van der Waals surface area contributed by atoms with E-state index in [0.29, 0.717) is 10.6 Å². The SMILES string of the molecule is Cc1ccc(-c2oc3ccc(Cl)cc3c(=O)c2O[C@@H](C)C(=O)Nc2ccccc2C(F)(F)F)cc1. The van der Waals surface area contributed by atoms with Crippen LogP contribution in [0.2, 0.25) is 5.02 Å². The molecule has 1 amide bonds. The Hall–Kier alpha value is -3.78. The number of hydrogen-bond acceptors (Lipinski definition) is 4. The lowest BCUT2D eigenvalue weighted by atomic mass is 10.1. The van der Waals surface area contributed by atoms with Crippen molar-refractivity contribution >= 4 is 34.2 Å². The number of alkyl halides is 3. The molecule has 1 aromatic heterocycles. The fourth-order valence-electron chi connectivity index (χ4n) is 3.46. The molecule has 0 spiro atoms. The van der Waals surface area contributed by atoms with Gasteiger partial charge in [-0.3, -0.25) is 9.59 Å². The number of para-hydroxylation sites is 1. The third-order valence-electron chi connectivity index (χ3n) is 5.28. The van der Waals surface area contributed by atoms with E-state index in [-0.39, 0.29) is 22.5 Å². The number of halogens is 4. The molecule has 0 fully saturated rings. The molecule has 35 heavy (non-hydrogen) atoms. The van der Waals surface area contributed by atoms with Crippen molar-refractivity contribution < 1.29 is 27.1 Å². The van der Waals surface area contributed by atoms with Crippen LogP contribution in [0.25, 0.3) is 22.3 Å². The van der Waals surface area contributed by atoms with Crippen molar-refractivity contribution in [1.29, 1.82) is 0 Å². The first-order chi connectivity index (χ1) is 16.5. The zero-order valence-corrected chi connectivity index (χ0v) is 19.3. The predicted octanol–water partition coefficient (Wildman–Crippen LogP) is 6.85. The van der Waals surface area contributed by atoms with Crippen molar-refractivity contribution in [2.24, 2.45) is 0 Å². The Kier molecular flexibility index (Phi) is 6.58. The van der Waals surface area contributed by atoms with Crippen LogP contribution in [-0.4, -0.2) is 12.0 Å². The molecule has 0 radical (unpaired) electrons. The van der Waals surface area contributed by atoms with E-state index in [2.05, 4.69) is 5.32 Å². The highest BCUT2D eigenvalue weighted by Gasteiger charge is 2.34. The molecule has 9 heteroatoms. The average molecular weight is 502 g/mol. The molecule has 180 valence electrons. The predicted molar refractivity (Wildman–Crippen MR) is 128 cm³/mol. The van der Waals surface area contributed by atoms with Crippen molar-refractivity contribution in [3.8, 4) is 17.1 Å². The lowest BCUT2D eigenvalue weighted by molar-refractivity contribution is -0.137. The van der Waals surface area contributed by atoms with Crippen molar-refractivity contribution in [3.63, 3.8) is 0 Å². The molecule has 1 N–H and O–H groups in total. The molecule has 1 atom stereocenters. The fourth-order valence-corrected chi connectivity index (χ4v) is 3.63. The number of carbonyl (C=O) groups excluding carboxylic acids is 1. The number of ether oxygens (including phenoxy) is 1. The molecule has 0 saturated heterocycles. The zero-order chi connectivity index (χ0) is 25.3. The van der Waals surface area contributed by atoms with E-state index in [1.807, 2.05) is 19.1 Å². The summed E-state index contributed by atoms with van der Waals surface area (Å²) in [5, 5.41) is 2.67. The molecule has 0 saturated carbocycles. The van der Waals surface area contributed by atoms with E-state index in [1.165, 1.54) is 25.1 Å². The van der Waals surface area contributed by atoms with Crippen molar-refractivity contribution in [2.75, 3.05) is 5.32 Å². The first-order valence-electron chi connectivity index (χ1n) is 10.5. The van der Waals surface area contributed by atoms with E-state index in [1.54, 1.807) is 24.3 Å². The second kappa shape index (κ2) is 9.46. The molecule has 0 aliphatic rings. The molecular weight excluding hydrogens is 483 g/mol. The molecule has 4 aromatic rings. The van der Waals surface area contributed by atoms with Gasteiger partial charge >= 0.3 is 6.18 Å². The maximum Gasteiger partial charge on any atom is 0.418 e. The van der Waals surface area contributed by atoms with Gasteiger partial charge < -0.3 is 14.5 Å². The summed E-state index contributed by atoms with van der Waals surface area (Å²) in [6, 6.07) is 16.2. The Balaban J connectivity index is 1.73. The molecule has 0 aliphatic carbocycles. The minimum Gasteiger partial charge on any atom is -0.473 e. The minimum absolute atomic E-state index is 0.0835. The summed E-state index contributed by atoms with van der Waals surface area (Å²) in [4.78, 5) is 26.1. The van der Waals surface area contributed by atoms with E-state index in [9.17, 15) is 22.8 Å². The van der Waals surface area contributed by atoms with Gasteiger partial charge in [0.15, 0.2) is 11.9 Å². The van der Waals surface area contributed by atoms with E-state index in [0.717, 1.165) is 17.7 Å². The Bertz CT molecular complexity index is 1460. The molecule has 1 heterocycles. The van der Waals surface area contributed by atoms with Crippen LogP contribution in [0.3, 0.4) is 0 Å². The topological polar surface area (TPSA) is 68.5 Å². The number of anilines is 1. The van der Waals surface area contributed by atoms with E-state index < -0.39 is 34.9 Å². The summed E-state index contributed by atoms with van der Waals surface area (Å²) in [6.45, 7) is 3.22. The van der Waals surface area contributed by atoms with Gasteiger partial charge in [0.05, 0.1) is 16.6 Å². The van der Waals surface area contributed by atoms with Gasteiger partial charge in [-0.15, -0.1) is 0 Å². The standard InChI is InChI=1S/C26H19ClF3NO4/c1-14-7-9-16(10-8-14)23-24(22(32)18-13-17(27)11-12-21(18)35-23)34-15(2)25(33)31-20-6-4-3-5-19(20)26(28,29)30/h3-13,15H,1-2H3,(H,31,33)/t15-/m0/s1. The Morgan fingerprint density at radius 1 is 1.06 bits per heavy atom. The fraction of sp³-hybridized carbons (Fsp3) is 0.154. The summed E-state index contributed by atoms with van der Waals surface area (Å²) in [5.74, 6) is -1.04. The summed E-state index contributed by atoms with van der Waals surface area (Å²) >= 11 is 6.04. The number of nitrogens with one attached hydrogen (secondary N) is 1. The van der Waals surface area contributed by atoms with Gasteiger partial charge in [-0.05, 0) is 44.2 Å². The molecule has 4 rings (SSSR count). The van der Waals surface area contributed by atoms with E-state index in [4.69, 9.17) is 20.8 Å². The van der Waals surface area contributed by atoms with Crippen LogP contribution in [0.4, 0.5) is 18.9 Å². The summed E-state index contributed by atoms with van der Waals surface area (Å²) in [5.41, 5.74) is -0.229. The summed E-state index contributed by atoms with van der Waals surface area (Å²) in [6.07, 6.45) is -5.99. The number of hydrogen-bond donors (Lipinski definition) is 1. The molecule has 3 aromatic carbocycles. The molecular formula is C26H19ClF3NO4. The Morgan fingerprint density at radius 3 is 2.43 bits per heavy atom. The number of carbonyl (C=O) groups is 1. The molecule has 0 unspecified atom stereocenters. The first kappa shape index (κ1) is 24.3. The van der Waals surface area contributed by atoms with Crippen molar-refractivity contribution in [2.45, 2.75) is 26.1 Å². The Labute approximate surface area is 203 Å². The zero-order valence-electron chi connectivity index (χ0n) is 18.6. The second-order valence-electron chi connectivity index (χ2n) is 7.89. The maximum absolute atomic E-state index is 13.3. The molecule has 0 bridgehead atoms.